The molecule has 82 valence electrons. The topological polar surface area (TPSA) is 37.8 Å². The van der Waals surface area contributed by atoms with Crippen molar-refractivity contribution in [3.05, 3.63) is 17.5 Å². The highest BCUT2D eigenvalue weighted by atomic mass is 35.5. The molecule has 0 aromatic carbocycles. The minimum absolute atomic E-state index is 0.437. The van der Waals surface area contributed by atoms with Crippen LogP contribution in [-0.4, -0.2) is 16.0 Å². The van der Waals surface area contributed by atoms with E-state index in [2.05, 4.69) is 29.1 Å². The average Bonchev–Trinajstić information content (AvgIpc) is 2.50. The van der Waals surface area contributed by atoms with Crippen molar-refractivity contribution in [3.8, 4) is 0 Å². The molecule has 1 aliphatic carbocycles. The molecule has 3 nitrogen and oxygen atoms in total. The van der Waals surface area contributed by atoms with Gasteiger partial charge in [-0.1, -0.05) is 25.4 Å². The lowest BCUT2D eigenvalue weighted by atomic mass is 9.92. The lowest BCUT2D eigenvalue weighted by Gasteiger charge is -2.18. The van der Waals surface area contributed by atoms with Crippen LogP contribution in [0.1, 0.15) is 33.1 Å². The molecule has 2 rings (SSSR count). The molecule has 1 aromatic heterocycles. The maximum Gasteiger partial charge on any atom is 0.171 e. The second-order valence-electron chi connectivity index (χ2n) is 4.94. The Morgan fingerprint density at radius 1 is 1.40 bits per heavy atom. The molecule has 1 heterocycles. The normalized spacial score (nSPS) is 24.1. The van der Waals surface area contributed by atoms with E-state index in [1.54, 1.807) is 12.4 Å². The second-order valence-corrected chi connectivity index (χ2v) is 5.30. The van der Waals surface area contributed by atoms with E-state index in [9.17, 15) is 0 Å². The highest BCUT2D eigenvalue weighted by Gasteiger charge is 2.31. The van der Waals surface area contributed by atoms with Crippen molar-refractivity contribution in [1.82, 2.24) is 9.97 Å². The summed E-state index contributed by atoms with van der Waals surface area (Å²) in [6, 6.07) is 0.481. The third kappa shape index (κ3) is 2.59. The number of rotatable bonds is 2. The zero-order valence-electron chi connectivity index (χ0n) is 9.13. The summed E-state index contributed by atoms with van der Waals surface area (Å²) in [6.45, 7) is 4.60. The molecule has 0 saturated heterocycles. The molecule has 0 amide bonds. The van der Waals surface area contributed by atoms with Crippen molar-refractivity contribution in [1.29, 1.82) is 0 Å². The Kier molecular flexibility index (Phi) is 2.83. The molecule has 0 bridgehead atoms. The average molecular weight is 226 g/mol. The number of halogens is 1. The fraction of sp³-hybridized carbons (Fsp3) is 0.636. The van der Waals surface area contributed by atoms with E-state index in [-0.39, 0.29) is 0 Å². The van der Waals surface area contributed by atoms with Gasteiger partial charge < -0.3 is 5.32 Å². The lowest BCUT2D eigenvalue weighted by molar-refractivity contribution is 0.378. The molecule has 15 heavy (non-hydrogen) atoms. The van der Waals surface area contributed by atoms with Gasteiger partial charge in [-0.2, -0.15) is 0 Å². The van der Waals surface area contributed by atoms with Crippen molar-refractivity contribution in [3.63, 3.8) is 0 Å². The summed E-state index contributed by atoms with van der Waals surface area (Å²) >= 11 is 5.94. The van der Waals surface area contributed by atoms with Gasteiger partial charge in [-0.25, -0.2) is 9.97 Å². The molecule has 0 aliphatic heterocycles. The molecule has 1 N–H and O–H groups in total. The highest BCUT2D eigenvalue weighted by Crippen LogP contribution is 2.38. The Balaban J connectivity index is 2.02. The molecule has 0 spiro atoms. The minimum atomic E-state index is 0.437. The third-order valence-corrected chi connectivity index (χ3v) is 3.24. The van der Waals surface area contributed by atoms with Gasteiger partial charge in [0, 0.05) is 18.4 Å². The molecule has 4 heteroatoms. The number of aromatic nitrogens is 2. The largest absolute Gasteiger partial charge is 0.365 e. The number of nitrogens with one attached hydrogen (secondary N) is 1. The van der Waals surface area contributed by atoms with Crippen molar-refractivity contribution < 1.29 is 0 Å². The summed E-state index contributed by atoms with van der Waals surface area (Å²) in [5, 5.41) is 3.82. The SMILES string of the molecule is CC1(C)CCC(Nc2nccnc2Cl)C1. The summed E-state index contributed by atoms with van der Waals surface area (Å²) in [7, 11) is 0. The van der Waals surface area contributed by atoms with Gasteiger partial charge in [-0.05, 0) is 24.7 Å². The van der Waals surface area contributed by atoms with E-state index >= 15 is 0 Å². The van der Waals surface area contributed by atoms with Gasteiger partial charge in [0.2, 0.25) is 0 Å². The number of hydrogen-bond donors (Lipinski definition) is 1. The van der Waals surface area contributed by atoms with Crippen molar-refractivity contribution in [2.24, 2.45) is 5.41 Å². The number of hydrogen-bond acceptors (Lipinski definition) is 3. The standard InChI is InChI=1S/C11H16ClN3/c1-11(2)4-3-8(7-11)15-10-9(12)13-5-6-14-10/h5-6,8H,3-4,7H2,1-2H3,(H,14,15). The first kappa shape index (κ1) is 10.7. The molecule has 1 saturated carbocycles. The minimum Gasteiger partial charge on any atom is -0.365 e. The molecular weight excluding hydrogens is 210 g/mol. The van der Waals surface area contributed by atoms with E-state index in [0.717, 1.165) is 0 Å². The van der Waals surface area contributed by atoms with E-state index in [1.165, 1.54) is 19.3 Å². The smallest absolute Gasteiger partial charge is 0.171 e. The van der Waals surface area contributed by atoms with Gasteiger partial charge in [0.1, 0.15) is 0 Å². The predicted octanol–water partition coefficient (Wildman–Crippen LogP) is 3.12. The van der Waals surface area contributed by atoms with Crippen LogP contribution in [-0.2, 0) is 0 Å². The zero-order valence-corrected chi connectivity index (χ0v) is 9.88. The Morgan fingerprint density at radius 3 is 2.73 bits per heavy atom. The van der Waals surface area contributed by atoms with Crippen LogP contribution in [0.15, 0.2) is 12.4 Å². The Bertz CT molecular complexity index is 351. The summed E-state index contributed by atoms with van der Waals surface area (Å²) in [4.78, 5) is 8.18. The van der Waals surface area contributed by atoms with Gasteiger partial charge in [0.25, 0.3) is 0 Å². The summed E-state index contributed by atoms with van der Waals surface area (Å²) in [5.74, 6) is 0.710. The highest BCUT2D eigenvalue weighted by molar-refractivity contribution is 6.31. The number of nitrogens with zero attached hydrogens (tertiary/aromatic N) is 2. The Hall–Kier alpha value is -0.830. The Morgan fingerprint density at radius 2 is 2.13 bits per heavy atom. The van der Waals surface area contributed by atoms with Crippen molar-refractivity contribution in [2.45, 2.75) is 39.2 Å². The van der Waals surface area contributed by atoms with Crippen LogP contribution in [0.5, 0.6) is 0 Å². The molecular formula is C11H16ClN3. The molecule has 1 unspecified atom stereocenters. The van der Waals surface area contributed by atoms with Gasteiger partial charge in [-0.15, -0.1) is 0 Å². The summed E-state index contributed by atoms with van der Waals surface area (Å²) < 4.78 is 0. The molecule has 1 atom stereocenters. The Labute approximate surface area is 95.3 Å². The first-order chi connectivity index (χ1) is 7.07. The fourth-order valence-corrected chi connectivity index (χ4v) is 2.33. The van der Waals surface area contributed by atoms with Crippen LogP contribution in [0.2, 0.25) is 5.15 Å². The van der Waals surface area contributed by atoms with E-state index in [4.69, 9.17) is 11.6 Å². The predicted molar refractivity (Wildman–Crippen MR) is 62.1 cm³/mol. The summed E-state index contributed by atoms with van der Waals surface area (Å²) in [5.41, 5.74) is 0.437. The molecule has 1 aliphatic rings. The van der Waals surface area contributed by atoms with Crippen LogP contribution in [0.25, 0.3) is 0 Å². The van der Waals surface area contributed by atoms with Gasteiger partial charge in [0.15, 0.2) is 11.0 Å². The van der Waals surface area contributed by atoms with E-state index in [1.807, 2.05) is 0 Å². The molecule has 1 fully saturated rings. The first-order valence-electron chi connectivity index (χ1n) is 5.30. The van der Waals surface area contributed by atoms with Gasteiger partial charge >= 0.3 is 0 Å². The fourth-order valence-electron chi connectivity index (χ4n) is 2.17. The van der Waals surface area contributed by atoms with Crippen LogP contribution in [0.3, 0.4) is 0 Å². The van der Waals surface area contributed by atoms with Crippen LogP contribution in [0.4, 0.5) is 5.82 Å². The quantitative estimate of drug-likeness (QED) is 0.841. The maximum absolute atomic E-state index is 5.94. The monoisotopic (exact) mass is 225 g/mol. The first-order valence-corrected chi connectivity index (χ1v) is 5.68. The van der Waals surface area contributed by atoms with Gasteiger partial charge in [-0.3, -0.25) is 0 Å². The van der Waals surface area contributed by atoms with Crippen LogP contribution in [0, 0.1) is 5.41 Å². The van der Waals surface area contributed by atoms with Crippen LogP contribution >= 0.6 is 11.6 Å². The molecule has 1 aromatic rings. The summed E-state index contributed by atoms with van der Waals surface area (Å²) in [6.07, 6.45) is 6.86. The maximum atomic E-state index is 5.94. The zero-order chi connectivity index (χ0) is 10.9. The third-order valence-electron chi connectivity index (χ3n) is 2.96. The van der Waals surface area contributed by atoms with Crippen molar-refractivity contribution in [2.75, 3.05) is 5.32 Å². The number of anilines is 1. The van der Waals surface area contributed by atoms with E-state index < -0.39 is 0 Å². The van der Waals surface area contributed by atoms with Crippen LogP contribution < -0.4 is 5.32 Å². The van der Waals surface area contributed by atoms with E-state index in [0.29, 0.717) is 22.4 Å². The second kappa shape index (κ2) is 3.97. The van der Waals surface area contributed by atoms with Gasteiger partial charge in [0.05, 0.1) is 0 Å². The lowest BCUT2D eigenvalue weighted by Crippen LogP contribution is -2.18. The molecule has 0 radical (unpaired) electrons. The van der Waals surface area contributed by atoms with Crippen molar-refractivity contribution >= 4 is 17.4 Å².